The summed E-state index contributed by atoms with van der Waals surface area (Å²) in [6.07, 6.45) is -3.09. The minimum absolute atomic E-state index is 0.126. The Morgan fingerprint density at radius 3 is 2.40 bits per heavy atom. The zero-order chi connectivity index (χ0) is 18.0. The van der Waals surface area contributed by atoms with Gasteiger partial charge in [-0.25, -0.2) is 9.49 Å². The number of H-pyrrole nitrogens is 1. The molecule has 25 heavy (non-hydrogen) atoms. The highest BCUT2D eigenvalue weighted by molar-refractivity contribution is 7.71. The van der Waals surface area contributed by atoms with Gasteiger partial charge < -0.3 is 0 Å². The summed E-state index contributed by atoms with van der Waals surface area (Å²) in [6.45, 7) is 0. The monoisotopic (exact) mass is 366 g/mol. The van der Waals surface area contributed by atoms with Gasteiger partial charge in [0.05, 0.1) is 17.3 Å². The average molecular weight is 366 g/mol. The molecule has 0 spiro atoms. The van der Waals surface area contributed by atoms with Crippen molar-refractivity contribution in [1.29, 1.82) is 0 Å². The van der Waals surface area contributed by atoms with Crippen molar-refractivity contribution in [1.82, 2.24) is 14.9 Å². The van der Waals surface area contributed by atoms with Gasteiger partial charge in [0.15, 0.2) is 5.82 Å². The third-order valence-corrected chi connectivity index (χ3v) is 3.59. The van der Waals surface area contributed by atoms with Gasteiger partial charge in [0, 0.05) is 0 Å². The molecule has 0 aliphatic carbocycles. The van der Waals surface area contributed by atoms with Gasteiger partial charge in [0.2, 0.25) is 4.77 Å². The molecule has 0 unspecified atom stereocenters. The molecule has 0 fully saturated rings. The first-order chi connectivity index (χ1) is 11.9. The van der Waals surface area contributed by atoms with Crippen LogP contribution in [0.15, 0.2) is 53.6 Å². The topological polar surface area (TPSA) is 46.0 Å². The smallest absolute Gasteiger partial charge is 0.250 e. The van der Waals surface area contributed by atoms with E-state index in [0.717, 1.165) is 12.1 Å². The zero-order valence-electron chi connectivity index (χ0n) is 12.5. The number of halogens is 4. The largest absolute Gasteiger partial charge is 0.416 e. The molecule has 0 atom stereocenters. The predicted octanol–water partition coefficient (Wildman–Crippen LogP) is 4.65. The van der Waals surface area contributed by atoms with Crippen LogP contribution in [-0.2, 0) is 6.18 Å². The summed E-state index contributed by atoms with van der Waals surface area (Å²) in [7, 11) is 0. The van der Waals surface area contributed by atoms with E-state index in [1.165, 1.54) is 41.2 Å². The maximum absolute atomic E-state index is 13.9. The highest BCUT2D eigenvalue weighted by atomic mass is 32.1. The standard InChI is InChI=1S/C16H10F4N4S/c17-13-4-2-1-3-12(13)14-22-23-15(25)24(14)21-9-10-5-7-11(8-6-10)16(18,19)20/h1-9H,(H,23,25)/b21-9+. The first-order valence-corrected chi connectivity index (χ1v) is 7.41. The molecule has 3 rings (SSSR count). The number of aromatic amines is 1. The van der Waals surface area contributed by atoms with Crippen molar-refractivity contribution < 1.29 is 17.6 Å². The normalized spacial score (nSPS) is 12.0. The van der Waals surface area contributed by atoms with Crippen LogP contribution in [0.1, 0.15) is 11.1 Å². The number of hydrogen-bond donors (Lipinski definition) is 1. The molecule has 4 nitrogen and oxygen atoms in total. The van der Waals surface area contributed by atoms with Gasteiger partial charge in [0.1, 0.15) is 5.82 Å². The van der Waals surface area contributed by atoms with Crippen molar-refractivity contribution in [2.45, 2.75) is 6.18 Å². The Morgan fingerprint density at radius 2 is 1.76 bits per heavy atom. The summed E-state index contributed by atoms with van der Waals surface area (Å²) >= 11 is 5.06. The Balaban J connectivity index is 1.94. The van der Waals surface area contributed by atoms with Crippen LogP contribution in [0.3, 0.4) is 0 Å². The van der Waals surface area contributed by atoms with Gasteiger partial charge >= 0.3 is 6.18 Å². The number of aromatic nitrogens is 3. The molecule has 128 valence electrons. The molecule has 2 aromatic carbocycles. The molecule has 0 aliphatic rings. The Morgan fingerprint density at radius 1 is 1.08 bits per heavy atom. The van der Waals surface area contributed by atoms with E-state index in [2.05, 4.69) is 15.3 Å². The van der Waals surface area contributed by atoms with Crippen molar-refractivity contribution in [2.24, 2.45) is 5.10 Å². The SMILES string of the molecule is Fc1ccccc1-c1n[nH]c(=S)n1/N=C/c1ccc(C(F)(F)F)cc1. The average Bonchev–Trinajstić information content (AvgIpc) is 2.93. The molecule has 0 radical (unpaired) electrons. The minimum atomic E-state index is -4.40. The van der Waals surface area contributed by atoms with Crippen molar-refractivity contribution in [3.63, 3.8) is 0 Å². The van der Waals surface area contributed by atoms with Gasteiger partial charge in [0.25, 0.3) is 0 Å². The molecule has 9 heteroatoms. The minimum Gasteiger partial charge on any atom is -0.250 e. The van der Waals surface area contributed by atoms with E-state index in [0.29, 0.717) is 5.56 Å². The number of rotatable bonds is 3. The fourth-order valence-electron chi connectivity index (χ4n) is 2.10. The van der Waals surface area contributed by atoms with E-state index in [4.69, 9.17) is 12.2 Å². The second kappa shape index (κ2) is 6.60. The molecule has 0 bridgehead atoms. The Labute approximate surface area is 144 Å². The molecular weight excluding hydrogens is 356 g/mol. The van der Waals surface area contributed by atoms with E-state index in [1.54, 1.807) is 6.07 Å². The summed E-state index contributed by atoms with van der Waals surface area (Å²) in [5.41, 5.74) is -0.133. The van der Waals surface area contributed by atoms with Gasteiger partial charge in [-0.3, -0.25) is 0 Å². The Hall–Kier alpha value is -2.81. The Bertz CT molecular complexity index is 971. The molecular formula is C16H10F4N4S. The molecule has 1 aromatic heterocycles. The van der Waals surface area contributed by atoms with Crippen LogP contribution in [-0.4, -0.2) is 21.1 Å². The molecule has 0 saturated heterocycles. The van der Waals surface area contributed by atoms with Gasteiger partial charge in [-0.15, -0.1) is 0 Å². The Kier molecular flexibility index (Phi) is 4.49. The number of benzene rings is 2. The van der Waals surface area contributed by atoms with Crippen LogP contribution < -0.4 is 0 Å². The highest BCUT2D eigenvalue weighted by Crippen LogP contribution is 2.29. The summed E-state index contributed by atoms with van der Waals surface area (Å²) in [6, 6.07) is 10.4. The van der Waals surface area contributed by atoms with E-state index >= 15 is 0 Å². The number of nitrogens with one attached hydrogen (secondary N) is 1. The van der Waals surface area contributed by atoms with Crippen LogP contribution in [0, 0.1) is 10.6 Å². The lowest BCUT2D eigenvalue weighted by molar-refractivity contribution is -0.137. The molecule has 0 amide bonds. The van der Waals surface area contributed by atoms with Gasteiger partial charge in [-0.1, -0.05) is 24.3 Å². The van der Waals surface area contributed by atoms with Crippen molar-refractivity contribution >= 4 is 18.4 Å². The first kappa shape index (κ1) is 17.0. The lowest BCUT2D eigenvalue weighted by Gasteiger charge is -2.06. The molecule has 0 aliphatic heterocycles. The maximum atomic E-state index is 13.9. The number of nitrogens with zero attached hydrogens (tertiary/aromatic N) is 3. The fourth-order valence-corrected chi connectivity index (χ4v) is 2.28. The van der Waals surface area contributed by atoms with Crippen molar-refractivity contribution in [3.05, 3.63) is 70.2 Å². The lowest BCUT2D eigenvalue weighted by atomic mass is 10.1. The van der Waals surface area contributed by atoms with E-state index in [1.807, 2.05) is 0 Å². The maximum Gasteiger partial charge on any atom is 0.416 e. The number of hydrogen-bond acceptors (Lipinski definition) is 3. The zero-order valence-corrected chi connectivity index (χ0v) is 13.3. The van der Waals surface area contributed by atoms with E-state index in [-0.39, 0.29) is 16.2 Å². The van der Waals surface area contributed by atoms with E-state index < -0.39 is 17.6 Å². The predicted molar refractivity (Wildman–Crippen MR) is 87.2 cm³/mol. The summed E-state index contributed by atoms with van der Waals surface area (Å²) in [5, 5.41) is 10.6. The van der Waals surface area contributed by atoms with Crippen LogP contribution in [0.4, 0.5) is 17.6 Å². The molecule has 1 heterocycles. The number of alkyl halides is 3. The first-order valence-electron chi connectivity index (χ1n) is 7.00. The quantitative estimate of drug-likeness (QED) is 0.417. The molecule has 1 N–H and O–H groups in total. The van der Waals surface area contributed by atoms with Crippen LogP contribution >= 0.6 is 12.2 Å². The second-order valence-corrected chi connectivity index (χ2v) is 5.40. The summed E-state index contributed by atoms with van der Waals surface area (Å²) in [4.78, 5) is 0. The van der Waals surface area contributed by atoms with Crippen LogP contribution in [0.25, 0.3) is 11.4 Å². The molecule has 0 saturated carbocycles. The molecule has 3 aromatic rings. The third-order valence-electron chi connectivity index (χ3n) is 3.33. The highest BCUT2D eigenvalue weighted by Gasteiger charge is 2.29. The fraction of sp³-hybridized carbons (Fsp3) is 0.0625. The van der Waals surface area contributed by atoms with Crippen molar-refractivity contribution in [3.8, 4) is 11.4 Å². The van der Waals surface area contributed by atoms with E-state index in [9.17, 15) is 17.6 Å². The van der Waals surface area contributed by atoms with Gasteiger partial charge in [-0.05, 0) is 42.0 Å². The van der Waals surface area contributed by atoms with Crippen LogP contribution in [0.2, 0.25) is 0 Å². The lowest BCUT2D eigenvalue weighted by Crippen LogP contribution is -2.04. The third kappa shape index (κ3) is 3.66. The summed E-state index contributed by atoms with van der Waals surface area (Å²) in [5.74, 6) is -0.339. The van der Waals surface area contributed by atoms with Crippen molar-refractivity contribution in [2.75, 3.05) is 0 Å². The van der Waals surface area contributed by atoms with Crippen LogP contribution in [0.5, 0.6) is 0 Å². The summed E-state index contributed by atoms with van der Waals surface area (Å²) < 4.78 is 52.9. The van der Waals surface area contributed by atoms with Gasteiger partial charge in [-0.2, -0.15) is 28.0 Å². The second-order valence-electron chi connectivity index (χ2n) is 5.01.